The van der Waals surface area contributed by atoms with Crippen LogP contribution in [0.4, 0.5) is 0 Å². The van der Waals surface area contributed by atoms with Gasteiger partial charge in [-0.25, -0.2) is 0 Å². The minimum atomic E-state index is -0.714. The second-order valence-corrected chi connectivity index (χ2v) is 2.97. The van der Waals surface area contributed by atoms with Crippen molar-refractivity contribution in [3.63, 3.8) is 0 Å². The SMILES string of the molecule is CNC1(C(=O)O)CCC1C.Cl. The third-order valence-electron chi connectivity index (χ3n) is 2.64. The van der Waals surface area contributed by atoms with E-state index in [-0.39, 0.29) is 18.3 Å². The molecule has 0 aliphatic heterocycles. The Kier molecular flexibility index (Phi) is 3.32. The molecule has 0 aromatic heterocycles. The minimum absolute atomic E-state index is 0. The molecule has 0 heterocycles. The summed E-state index contributed by atoms with van der Waals surface area (Å²) in [6.45, 7) is 1.97. The van der Waals surface area contributed by atoms with E-state index in [1.807, 2.05) is 6.92 Å². The smallest absolute Gasteiger partial charge is 0.324 e. The fourth-order valence-electron chi connectivity index (χ4n) is 1.52. The third kappa shape index (κ3) is 1.35. The van der Waals surface area contributed by atoms with Crippen molar-refractivity contribution in [1.82, 2.24) is 5.32 Å². The van der Waals surface area contributed by atoms with E-state index >= 15 is 0 Å². The second kappa shape index (κ2) is 3.41. The number of aliphatic carboxylic acids is 1. The molecule has 1 aliphatic carbocycles. The number of hydrogen-bond donors (Lipinski definition) is 2. The van der Waals surface area contributed by atoms with Gasteiger partial charge in [-0.2, -0.15) is 0 Å². The molecule has 2 unspecified atom stereocenters. The zero-order valence-corrected chi connectivity index (χ0v) is 7.57. The highest BCUT2D eigenvalue weighted by Crippen LogP contribution is 2.37. The van der Waals surface area contributed by atoms with Gasteiger partial charge in [0.05, 0.1) is 0 Å². The van der Waals surface area contributed by atoms with Crippen LogP contribution in [0.3, 0.4) is 0 Å². The molecule has 0 aromatic rings. The highest BCUT2D eigenvalue weighted by molar-refractivity contribution is 5.85. The molecule has 0 bridgehead atoms. The van der Waals surface area contributed by atoms with Crippen molar-refractivity contribution in [2.45, 2.75) is 25.3 Å². The number of likely N-dealkylation sites (N-methyl/N-ethyl adjacent to an activating group) is 1. The van der Waals surface area contributed by atoms with Gasteiger partial charge in [0, 0.05) is 0 Å². The molecule has 11 heavy (non-hydrogen) atoms. The van der Waals surface area contributed by atoms with Crippen LogP contribution in [0.15, 0.2) is 0 Å². The van der Waals surface area contributed by atoms with Crippen molar-refractivity contribution < 1.29 is 9.90 Å². The second-order valence-electron chi connectivity index (χ2n) is 2.97. The largest absolute Gasteiger partial charge is 0.480 e. The zero-order chi connectivity index (χ0) is 7.78. The lowest BCUT2D eigenvalue weighted by Crippen LogP contribution is -2.61. The van der Waals surface area contributed by atoms with Crippen LogP contribution in [0.25, 0.3) is 0 Å². The molecule has 0 spiro atoms. The number of carbonyl (C=O) groups is 1. The maximum absolute atomic E-state index is 10.7. The Morgan fingerprint density at radius 2 is 2.27 bits per heavy atom. The summed E-state index contributed by atoms with van der Waals surface area (Å²) in [4.78, 5) is 10.7. The molecule has 66 valence electrons. The average Bonchev–Trinajstić information content (AvgIpc) is 1.86. The molecule has 1 rings (SSSR count). The fourth-order valence-corrected chi connectivity index (χ4v) is 1.52. The van der Waals surface area contributed by atoms with Gasteiger partial charge in [0.15, 0.2) is 0 Å². The number of halogens is 1. The van der Waals surface area contributed by atoms with E-state index in [9.17, 15) is 4.79 Å². The van der Waals surface area contributed by atoms with E-state index in [2.05, 4.69) is 5.32 Å². The first-order valence-corrected chi connectivity index (χ1v) is 3.56. The predicted octanol–water partition coefficient (Wildman–Crippen LogP) is 0.881. The van der Waals surface area contributed by atoms with E-state index < -0.39 is 11.5 Å². The van der Waals surface area contributed by atoms with Gasteiger partial charge in [0.2, 0.25) is 0 Å². The Balaban J connectivity index is 0.000001000. The summed E-state index contributed by atoms with van der Waals surface area (Å²) in [7, 11) is 1.71. The topological polar surface area (TPSA) is 49.3 Å². The molecule has 4 heteroatoms. The molecule has 3 nitrogen and oxygen atoms in total. The number of carboxylic acid groups (broad SMARTS) is 1. The van der Waals surface area contributed by atoms with Crippen molar-refractivity contribution >= 4 is 18.4 Å². The Labute approximate surface area is 72.6 Å². The van der Waals surface area contributed by atoms with E-state index in [0.29, 0.717) is 0 Å². The molecule has 1 fully saturated rings. The van der Waals surface area contributed by atoms with Gasteiger partial charge < -0.3 is 10.4 Å². The molecular weight excluding hydrogens is 166 g/mol. The van der Waals surface area contributed by atoms with Crippen LogP contribution >= 0.6 is 12.4 Å². The Morgan fingerprint density at radius 1 is 1.73 bits per heavy atom. The van der Waals surface area contributed by atoms with Crippen LogP contribution in [0, 0.1) is 5.92 Å². The number of carboxylic acids is 1. The molecule has 2 atom stereocenters. The maximum atomic E-state index is 10.7. The van der Waals surface area contributed by atoms with Gasteiger partial charge in [-0.05, 0) is 25.8 Å². The van der Waals surface area contributed by atoms with E-state index in [1.165, 1.54) is 0 Å². The normalized spacial score (nSPS) is 35.3. The third-order valence-corrected chi connectivity index (χ3v) is 2.64. The fraction of sp³-hybridized carbons (Fsp3) is 0.857. The van der Waals surface area contributed by atoms with Crippen LogP contribution in [0.5, 0.6) is 0 Å². The standard InChI is InChI=1S/C7H13NO2.ClH/c1-5-3-4-7(5,8-2)6(9)10;/h5,8H,3-4H2,1-2H3,(H,9,10);1H. The van der Waals surface area contributed by atoms with Gasteiger partial charge >= 0.3 is 5.97 Å². The predicted molar refractivity (Wildman–Crippen MR) is 45.1 cm³/mol. The first-order chi connectivity index (χ1) is 4.63. The summed E-state index contributed by atoms with van der Waals surface area (Å²) in [5, 5.41) is 11.7. The minimum Gasteiger partial charge on any atom is -0.480 e. The monoisotopic (exact) mass is 179 g/mol. The Hall–Kier alpha value is -0.280. The highest BCUT2D eigenvalue weighted by Gasteiger charge is 2.49. The van der Waals surface area contributed by atoms with Crippen molar-refractivity contribution in [3.05, 3.63) is 0 Å². The lowest BCUT2D eigenvalue weighted by molar-refractivity contribution is -0.152. The van der Waals surface area contributed by atoms with Crippen LogP contribution in [-0.2, 0) is 4.79 Å². The van der Waals surface area contributed by atoms with Crippen LogP contribution < -0.4 is 5.32 Å². The molecule has 1 saturated carbocycles. The molecule has 1 aliphatic rings. The van der Waals surface area contributed by atoms with Gasteiger partial charge in [0.25, 0.3) is 0 Å². The molecule has 0 radical (unpaired) electrons. The highest BCUT2D eigenvalue weighted by atomic mass is 35.5. The van der Waals surface area contributed by atoms with Crippen molar-refractivity contribution in [3.8, 4) is 0 Å². The Morgan fingerprint density at radius 3 is 2.27 bits per heavy atom. The summed E-state index contributed by atoms with van der Waals surface area (Å²) >= 11 is 0. The van der Waals surface area contributed by atoms with E-state index in [4.69, 9.17) is 5.11 Å². The number of hydrogen-bond acceptors (Lipinski definition) is 2. The van der Waals surface area contributed by atoms with Crippen molar-refractivity contribution in [2.24, 2.45) is 5.92 Å². The van der Waals surface area contributed by atoms with Gasteiger partial charge in [0.1, 0.15) is 5.54 Å². The summed E-state index contributed by atoms with van der Waals surface area (Å²) in [6.07, 6.45) is 1.78. The average molecular weight is 180 g/mol. The van der Waals surface area contributed by atoms with E-state index in [1.54, 1.807) is 7.05 Å². The summed E-state index contributed by atoms with van der Waals surface area (Å²) < 4.78 is 0. The summed E-state index contributed by atoms with van der Waals surface area (Å²) in [5.41, 5.74) is -0.611. The van der Waals surface area contributed by atoms with E-state index in [0.717, 1.165) is 12.8 Å². The number of rotatable bonds is 2. The summed E-state index contributed by atoms with van der Waals surface area (Å²) in [5.74, 6) is -0.441. The molecular formula is C7H14ClNO2. The zero-order valence-electron chi connectivity index (χ0n) is 6.76. The molecule has 0 aromatic carbocycles. The van der Waals surface area contributed by atoms with Gasteiger partial charge in [-0.1, -0.05) is 6.92 Å². The van der Waals surface area contributed by atoms with Gasteiger partial charge in [-0.3, -0.25) is 4.79 Å². The summed E-state index contributed by atoms with van der Waals surface area (Å²) in [6, 6.07) is 0. The molecule has 0 amide bonds. The van der Waals surface area contributed by atoms with Crippen LogP contribution in [0.2, 0.25) is 0 Å². The molecule has 2 N–H and O–H groups in total. The van der Waals surface area contributed by atoms with Crippen LogP contribution in [0.1, 0.15) is 19.8 Å². The van der Waals surface area contributed by atoms with Crippen LogP contribution in [-0.4, -0.2) is 23.7 Å². The quantitative estimate of drug-likeness (QED) is 0.662. The first-order valence-electron chi connectivity index (χ1n) is 3.56. The van der Waals surface area contributed by atoms with Crippen molar-refractivity contribution in [1.29, 1.82) is 0 Å². The maximum Gasteiger partial charge on any atom is 0.324 e. The molecule has 0 saturated heterocycles. The Bertz CT molecular complexity index is 159. The lowest BCUT2D eigenvalue weighted by Gasteiger charge is -2.44. The first kappa shape index (κ1) is 10.7. The lowest BCUT2D eigenvalue weighted by atomic mass is 9.68. The van der Waals surface area contributed by atoms with Gasteiger partial charge in [-0.15, -0.1) is 12.4 Å². The number of nitrogens with one attached hydrogen (secondary N) is 1. The van der Waals surface area contributed by atoms with Crippen molar-refractivity contribution in [2.75, 3.05) is 7.05 Å².